The molecular weight excluding hydrogens is 414 g/mol. The molecule has 0 saturated carbocycles. The minimum Gasteiger partial charge on any atom is -0.469 e. The molecule has 142 valence electrons. The molecule has 10 heteroatoms. The Morgan fingerprint density at radius 1 is 1.15 bits per heavy atom. The van der Waals surface area contributed by atoms with Gasteiger partial charge in [-0.25, -0.2) is 4.79 Å². The van der Waals surface area contributed by atoms with Crippen molar-refractivity contribution in [3.8, 4) is 5.75 Å². The van der Waals surface area contributed by atoms with E-state index in [1.165, 1.54) is 25.3 Å². The van der Waals surface area contributed by atoms with Gasteiger partial charge in [-0.15, -0.1) is 0 Å². The highest BCUT2D eigenvalue weighted by atomic mass is 79.9. The number of nitrogens with one attached hydrogen (secondary N) is 1. The summed E-state index contributed by atoms with van der Waals surface area (Å²) in [7, 11) is 3.59. The van der Waals surface area contributed by atoms with E-state index in [-0.39, 0.29) is 17.7 Å². The summed E-state index contributed by atoms with van der Waals surface area (Å²) in [5.74, 6) is -1.95. The van der Waals surface area contributed by atoms with Gasteiger partial charge < -0.3 is 24.3 Å². The predicted octanol–water partition coefficient (Wildman–Crippen LogP) is 0.834. The maximum Gasteiger partial charge on any atom is 0.328 e. The average Bonchev–Trinajstić information content (AvgIpc) is 2.63. The zero-order valence-corrected chi connectivity index (χ0v) is 15.9. The normalized spacial score (nSPS) is 12.5. The summed E-state index contributed by atoms with van der Waals surface area (Å²) in [4.78, 5) is 46.4. The van der Waals surface area contributed by atoms with Crippen LogP contribution in [-0.4, -0.2) is 57.8 Å². The number of amides is 1. The lowest BCUT2D eigenvalue weighted by Crippen LogP contribution is -2.43. The predicted molar refractivity (Wildman–Crippen MR) is 91.5 cm³/mol. The number of rotatable bonds is 9. The van der Waals surface area contributed by atoms with E-state index in [0.717, 1.165) is 14.2 Å². The molecular formula is C16H18BrNO8. The Morgan fingerprint density at radius 3 is 2.38 bits per heavy atom. The lowest BCUT2D eigenvalue weighted by atomic mass is 10.1. The van der Waals surface area contributed by atoms with Crippen LogP contribution in [0.3, 0.4) is 0 Å². The van der Waals surface area contributed by atoms with Crippen LogP contribution in [0.4, 0.5) is 0 Å². The number of benzene rings is 1. The molecule has 0 saturated heterocycles. The molecule has 9 nitrogen and oxygen atoms in total. The van der Waals surface area contributed by atoms with Gasteiger partial charge in [-0.05, 0) is 18.2 Å². The van der Waals surface area contributed by atoms with Gasteiger partial charge in [0.25, 0.3) is 12.2 Å². The quantitative estimate of drug-likeness (QED) is 0.347. The fourth-order valence-electron chi connectivity index (χ4n) is 1.85. The second-order valence-electron chi connectivity index (χ2n) is 4.86. The monoisotopic (exact) mass is 431 g/mol. The molecule has 26 heavy (non-hydrogen) atoms. The first-order valence-electron chi connectivity index (χ1n) is 7.25. The van der Waals surface area contributed by atoms with Crippen molar-refractivity contribution in [1.29, 1.82) is 0 Å². The number of halogens is 1. The summed E-state index contributed by atoms with van der Waals surface area (Å²) in [5.41, 5.74) is 0.119. The maximum absolute atomic E-state index is 12.4. The topological polar surface area (TPSA) is 117 Å². The van der Waals surface area contributed by atoms with Crippen LogP contribution in [-0.2, 0) is 28.6 Å². The highest BCUT2D eigenvalue weighted by Crippen LogP contribution is 2.22. The van der Waals surface area contributed by atoms with Gasteiger partial charge >= 0.3 is 11.9 Å². The minimum absolute atomic E-state index is 0.119. The number of carbonyl (C=O) groups excluding carboxylic acids is 4. The minimum atomic E-state index is -1.22. The summed E-state index contributed by atoms with van der Waals surface area (Å²) < 4.78 is 19.6. The molecule has 0 radical (unpaired) electrons. The standard InChI is InChI=1S/C16H18BrNO8/c1-23-13(20)7-12(16(22)25-3)18-15(21)9-4-10(17)6-11(5-9)26-14(8-19)24-2/h4-6,8,12,14H,7H2,1-3H3,(H,18,21)/t12?,14-/m0/s1. The Morgan fingerprint density at radius 2 is 1.85 bits per heavy atom. The maximum atomic E-state index is 12.4. The van der Waals surface area contributed by atoms with Gasteiger partial charge in [-0.1, -0.05) is 15.9 Å². The van der Waals surface area contributed by atoms with Crippen LogP contribution >= 0.6 is 15.9 Å². The number of ether oxygens (including phenoxy) is 4. The molecule has 0 heterocycles. The van der Waals surface area contributed by atoms with Crippen molar-refractivity contribution in [2.45, 2.75) is 18.8 Å². The van der Waals surface area contributed by atoms with E-state index in [9.17, 15) is 19.2 Å². The SMILES string of the molecule is COC(=O)CC(NC(=O)c1cc(Br)cc(O[C@@H](C=O)OC)c1)C(=O)OC. The number of carbonyl (C=O) groups is 4. The van der Waals surface area contributed by atoms with Crippen molar-refractivity contribution in [2.24, 2.45) is 0 Å². The molecule has 1 rings (SSSR count). The molecule has 0 aliphatic carbocycles. The largest absolute Gasteiger partial charge is 0.469 e. The summed E-state index contributed by atoms with van der Waals surface area (Å²) in [6.07, 6.45) is -1.07. The van der Waals surface area contributed by atoms with E-state index >= 15 is 0 Å². The molecule has 1 aromatic carbocycles. The molecule has 1 N–H and O–H groups in total. The smallest absolute Gasteiger partial charge is 0.328 e. The molecule has 0 bridgehead atoms. The fraction of sp³-hybridized carbons (Fsp3) is 0.375. The first kappa shape index (κ1) is 21.6. The number of aldehydes is 1. The Bertz CT molecular complexity index is 678. The van der Waals surface area contributed by atoms with Gasteiger partial charge in [0.15, 0.2) is 6.29 Å². The van der Waals surface area contributed by atoms with Gasteiger partial charge in [0, 0.05) is 17.1 Å². The Labute approximate surface area is 158 Å². The third-order valence-electron chi connectivity index (χ3n) is 3.12. The fourth-order valence-corrected chi connectivity index (χ4v) is 2.33. The van der Waals surface area contributed by atoms with Crippen LogP contribution in [0.2, 0.25) is 0 Å². The Balaban J connectivity index is 2.99. The molecule has 0 spiro atoms. The number of hydrogen-bond acceptors (Lipinski definition) is 8. The summed E-state index contributed by atoms with van der Waals surface area (Å²) in [6, 6.07) is 3.13. The molecule has 1 amide bonds. The molecule has 0 aromatic heterocycles. The zero-order chi connectivity index (χ0) is 19.7. The first-order valence-corrected chi connectivity index (χ1v) is 8.04. The Hall–Kier alpha value is -2.46. The molecule has 0 fully saturated rings. The van der Waals surface area contributed by atoms with E-state index in [0.29, 0.717) is 10.8 Å². The number of esters is 2. The molecule has 0 aliphatic rings. The van der Waals surface area contributed by atoms with Crippen LogP contribution in [0.15, 0.2) is 22.7 Å². The van der Waals surface area contributed by atoms with Crippen molar-refractivity contribution < 1.29 is 38.1 Å². The number of hydrogen-bond donors (Lipinski definition) is 1. The van der Waals surface area contributed by atoms with E-state index in [1.54, 1.807) is 0 Å². The van der Waals surface area contributed by atoms with E-state index < -0.39 is 30.2 Å². The third kappa shape index (κ3) is 6.45. The van der Waals surface area contributed by atoms with Crippen LogP contribution in [0.5, 0.6) is 5.75 Å². The second kappa shape index (κ2) is 10.5. The summed E-state index contributed by atoms with van der Waals surface area (Å²) >= 11 is 3.22. The van der Waals surface area contributed by atoms with Crippen molar-refractivity contribution in [1.82, 2.24) is 5.32 Å². The van der Waals surface area contributed by atoms with Gasteiger partial charge in [0.1, 0.15) is 11.8 Å². The first-order chi connectivity index (χ1) is 12.3. The van der Waals surface area contributed by atoms with Crippen molar-refractivity contribution in [2.75, 3.05) is 21.3 Å². The van der Waals surface area contributed by atoms with Crippen molar-refractivity contribution in [3.63, 3.8) is 0 Å². The third-order valence-corrected chi connectivity index (χ3v) is 3.58. The lowest BCUT2D eigenvalue weighted by Gasteiger charge is -2.16. The van der Waals surface area contributed by atoms with Gasteiger partial charge in [0.05, 0.1) is 20.6 Å². The zero-order valence-electron chi connectivity index (χ0n) is 14.3. The highest BCUT2D eigenvalue weighted by Gasteiger charge is 2.26. The summed E-state index contributed by atoms with van der Waals surface area (Å²) in [5, 5.41) is 2.39. The Kier molecular flexibility index (Phi) is 8.73. The second-order valence-corrected chi connectivity index (χ2v) is 5.78. The van der Waals surface area contributed by atoms with Crippen molar-refractivity contribution >= 4 is 40.1 Å². The van der Waals surface area contributed by atoms with E-state index in [2.05, 4.69) is 30.7 Å². The highest BCUT2D eigenvalue weighted by molar-refractivity contribution is 9.10. The molecule has 0 aliphatic heterocycles. The van der Waals surface area contributed by atoms with E-state index in [1.807, 2.05) is 0 Å². The van der Waals surface area contributed by atoms with Crippen LogP contribution in [0.1, 0.15) is 16.8 Å². The molecule has 2 atom stereocenters. The van der Waals surface area contributed by atoms with Crippen LogP contribution < -0.4 is 10.1 Å². The summed E-state index contributed by atoms with van der Waals surface area (Å²) in [6.45, 7) is 0. The van der Waals surface area contributed by atoms with Crippen LogP contribution in [0.25, 0.3) is 0 Å². The van der Waals surface area contributed by atoms with E-state index in [4.69, 9.17) is 9.47 Å². The molecule has 1 aromatic rings. The van der Waals surface area contributed by atoms with Gasteiger partial charge in [-0.3, -0.25) is 14.4 Å². The van der Waals surface area contributed by atoms with Gasteiger partial charge in [0.2, 0.25) is 0 Å². The lowest BCUT2D eigenvalue weighted by molar-refractivity contribution is -0.149. The van der Waals surface area contributed by atoms with Gasteiger partial charge in [-0.2, -0.15) is 0 Å². The van der Waals surface area contributed by atoms with Crippen molar-refractivity contribution in [3.05, 3.63) is 28.2 Å². The molecule has 1 unspecified atom stereocenters. The number of methoxy groups -OCH3 is 3. The average molecular weight is 432 g/mol. The van der Waals surface area contributed by atoms with Crippen LogP contribution in [0, 0.1) is 0 Å².